The number of alkyl halides is 5. The number of hydrogen-bond acceptors (Lipinski definition) is 9. The minimum Gasteiger partial charge on any atom is -0.339 e. The Morgan fingerprint density at radius 2 is 1.82 bits per heavy atom. The third kappa shape index (κ3) is 4.68. The van der Waals surface area contributed by atoms with Crippen molar-refractivity contribution in [3.63, 3.8) is 0 Å². The molecule has 16 heteroatoms. The average Bonchev–Trinajstić information content (AvgIpc) is 3.55. The van der Waals surface area contributed by atoms with Crippen molar-refractivity contribution in [2.24, 2.45) is 0 Å². The molecule has 0 spiro atoms. The topological polar surface area (TPSA) is 130 Å². The molecule has 0 radical (unpaired) electrons. The lowest BCUT2D eigenvalue weighted by molar-refractivity contribution is -0.292. The molecule has 39 heavy (non-hydrogen) atoms. The Kier molecular flexibility index (Phi) is 6.32. The molecule has 206 valence electrons. The lowest BCUT2D eigenvalue weighted by Gasteiger charge is -2.35. The third-order valence-electron chi connectivity index (χ3n) is 6.08. The molecule has 0 saturated carbocycles. The second-order valence-electron chi connectivity index (χ2n) is 8.76. The molecule has 1 atom stereocenters. The number of imidazole rings is 1. The molecule has 1 aliphatic rings. The van der Waals surface area contributed by atoms with Gasteiger partial charge in [0.2, 0.25) is 5.82 Å². The highest BCUT2D eigenvalue weighted by molar-refractivity contribution is 7.91. The molecular weight excluding hydrogens is 549 g/mol. The van der Waals surface area contributed by atoms with Crippen molar-refractivity contribution in [2.75, 3.05) is 16.2 Å². The van der Waals surface area contributed by atoms with Crippen molar-refractivity contribution >= 4 is 21.5 Å². The number of benzene rings is 1. The zero-order chi connectivity index (χ0) is 28.2. The van der Waals surface area contributed by atoms with Crippen molar-refractivity contribution in [1.82, 2.24) is 25.1 Å². The summed E-state index contributed by atoms with van der Waals surface area (Å²) >= 11 is 0. The molecule has 10 nitrogen and oxygen atoms in total. The number of aromatic nitrogens is 5. The number of hydrazine groups is 1. The normalized spacial score (nSPS) is 16.2. The largest absolute Gasteiger partial charge is 0.461 e. The molecule has 4 aromatic rings. The molecule has 0 saturated heterocycles. The molecule has 1 aromatic carbocycles. The Labute approximate surface area is 218 Å². The van der Waals surface area contributed by atoms with Crippen molar-refractivity contribution in [2.45, 2.75) is 43.3 Å². The van der Waals surface area contributed by atoms with Gasteiger partial charge in [0, 0.05) is 18.2 Å². The van der Waals surface area contributed by atoms with Crippen molar-refractivity contribution in [3.8, 4) is 22.8 Å². The zero-order valence-electron chi connectivity index (χ0n) is 20.3. The van der Waals surface area contributed by atoms with Gasteiger partial charge < -0.3 is 9.51 Å². The predicted octanol–water partition coefficient (Wildman–Crippen LogP) is 4.75. The lowest BCUT2D eigenvalue weighted by atomic mass is 10.1. The molecule has 0 amide bonds. The van der Waals surface area contributed by atoms with E-state index in [4.69, 9.17) is 4.52 Å². The quantitative estimate of drug-likeness (QED) is 0.316. The van der Waals surface area contributed by atoms with Crippen LogP contribution >= 0.6 is 0 Å². The first-order chi connectivity index (χ1) is 18.3. The van der Waals surface area contributed by atoms with E-state index in [9.17, 15) is 30.4 Å². The van der Waals surface area contributed by atoms with Crippen LogP contribution in [0.5, 0.6) is 0 Å². The summed E-state index contributed by atoms with van der Waals surface area (Å²) in [6.07, 6.45) is -4.61. The van der Waals surface area contributed by atoms with E-state index >= 15 is 0 Å². The van der Waals surface area contributed by atoms with E-state index in [-0.39, 0.29) is 51.7 Å². The van der Waals surface area contributed by atoms with E-state index < -0.39 is 33.8 Å². The third-order valence-corrected chi connectivity index (χ3v) is 7.81. The highest BCUT2D eigenvalue weighted by Gasteiger charge is 2.61. The summed E-state index contributed by atoms with van der Waals surface area (Å²) in [6.45, 7) is 3.04. The summed E-state index contributed by atoms with van der Waals surface area (Å²) in [5.74, 6) is -7.21. The molecule has 5 rings (SSSR count). The molecule has 2 N–H and O–H groups in total. The van der Waals surface area contributed by atoms with Gasteiger partial charge >= 0.3 is 12.1 Å². The van der Waals surface area contributed by atoms with Crippen LogP contribution in [0.4, 0.5) is 33.6 Å². The van der Waals surface area contributed by atoms with Crippen LogP contribution in [-0.2, 0) is 22.2 Å². The Hall–Kier alpha value is -4.08. The molecule has 0 fully saturated rings. The fraction of sp³-hybridized carbons (Fsp3) is 0.304. The zero-order valence-corrected chi connectivity index (χ0v) is 21.1. The number of nitrogens with zero attached hydrogens (tertiary/aromatic N) is 5. The highest BCUT2D eigenvalue weighted by Crippen LogP contribution is 2.44. The van der Waals surface area contributed by atoms with Gasteiger partial charge in [-0.1, -0.05) is 42.4 Å². The number of anilines is 2. The lowest BCUT2D eigenvalue weighted by Crippen LogP contribution is -2.44. The number of aromatic amines is 1. The smallest absolute Gasteiger partial charge is 0.339 e. The maximum atomic E-state index is 13.9. The molecular formula is C23H20F5N7O3S. The summed E-state index contributed by atoms with van der Waals surface area (Å²) in [7, 11) is -3.92. The van der Waals surface area contributed by atoms with Crippen molar-refractivity contribution < 1.29 is 34.9 Å². The van der Waals surface area contributed by atoms with Crippen LogP contribution < -0.4 is 10.4 Å². The number of fused-ring (bicyclic) bond motifs is 1. The number of pyridine rings is 1. The number of sulfone groups is 1. The Balaban J connectivity index is 1.53. The van der Waals surface area contributed by atoms with Gasteiger partial charge in [0.05, 0.1) is 23.1 Å². The van der Waals surface area contributed by atoms with E-state index in [0.717, 1.165) is 0 Å². The number of rotatable bonds is 6. The van der Waals surface area contributed by atoms with Gasteiger partial charge in [-0.3, -0.25) is 10.4 Å². The van der Waals surface area contributed by atoms with E-state index in [0.29, 0.717) is 5.56 Å². The second kappa shape index (κ2) is 9.29. The SMILES string of the molecule is CCS(=O)(=O)c1cc(-c2nc(-c3ccccc3)no2)cnc1N1Nc2nc(C(F)(F)C(F)(F)F)[nH]c2CC1C. The summed E-state index contributed by atoms with van der Waals surface area (Å²) in [4.78, 5) is 13.8. The summed E-state index contributed by atoms with van der Waals surface area (Å²) < 4.78 is 97.8. The minimum atomic E-state index is -5.85. The van der Waals surface area contributed by atoms with Gasteiger partial charge in [0.1, 0.15) is 4.90 Å². The van der Waals surface area contributed by atoms with Crippen LogP contribution in [0.1, 0.15) is 25.4 Å². The maximum absolute atomic E-state index is 13.9. The first kappa shape index (κ1) is 26.5. The van der Waals surface area contributed by atoms with Gasteiger partial charge in [-0.05, 0) is 13.0 Å². The van der Waals surface area contributed by atoms with E-state index in [2.05, 4.69) is 25.5 Å². The maximum Gasteiger partial charge on any atom is 0.461 e. The van der Waals surface area contributed by atoms with Crippen LogP contribution in [0.15, 0.2) is 52.0 Å². The number of hydrogen-bond donors (Lipinski definition) is 2. The van der Waals surface area contributed by atoms with Crippen LogP contribution in [-0.4, -0.2) is 51.5 Å². The van der Waals surface area contributed by atoms with Crippen molar-refractivity contribution in [3.05, 3.63) is 54.1 Å². The monoisotopic (exact) mass is 569 g/mol. The Morgan fingerprint density at radius 3 is 2.49 bits per heavy atom. The van der Waals surface area contributed by atoms with Gasteiger partial charge in [-0.2, -0.15) is 26.9 Å². The summed E-state index contributed by atoms with van der Waals surface area (Å²) in [6, 6.07) is 9.61. The van der Waals surface area contributed by atoms with Crippen molar-refractivity contribution in [1.29, 1.82) is 0 Å². The van der Waals surface area contributed by atoms with Crippen LogP contribution in [0.3, 0.4) is 0 Å². The van der Waals surface area contributed by atoms with Crippen LogP contribution in [0, 0.1) is 0 Å². The Bertz CT molecular complexity index is 1620. The molecule has 1 unspecified atom stereocenters. The summed E-state index contributed by atoms with van der Waals surface area (Å²) in [5, 5.41) is 5.18. The average molecular weight is 570 g/mol. The number of halogens is 5. The molecule has 3 aromatic heterocycles. The fourth-order valence-corrected chi connectivity index (χ4v) is 5.02. The molecule has 0 bridgehead atoms. The van der Waals surface area contributed by atoms with E-state index in [1.807, 2.05) is 11.1 Å². The second-order valence-corrected chi connectivity index (χ2v) is 11.0. The Morgan fingerprint density at radius 1 is 1.10 bits per heavy atom. The van der Waals surface area contributed by atoms with Crippen LogP contribution in [0.2, 0.25) is 0 Å². The molecule has 1 aliphatic heterocycles. The molecule has 0 aliphatic carbocycles. The van der Waals surface area contributed by atoms with Gasteiger partial charge in [0.25, 0.3) is 5.89 Å². The first-order valence-electron chi connectivity index (χ1n) is 11.5. The van der Waals surface area contributed by atoms with Gasteiger partial charge in [-0.15, -0.1) is 0 Å². The van der Waals surface area contributed by atoms with E-state index in [1.54, 1.807) is 31.2 Å². The standard InChI is InChI=1S/C23H20F5N7O3S/c1-3-39(36,37)16-10-14(20-31-17(34-38-20)13-7-5-4-6-8-13)11-29-19(16)35-12(2)9-15-18(33-35)32-21(30-15)22(24,25)23(26,27)28/h4-8,10-12,33H,3,9H2,1-2H3,(H,30,32). The first-order valence-corrected chi connectivity index (χ1v) is 13.2. The van der Waals surface area contributed by atoms with E-state index in [1.165, 1.54) is 24.2 Å². The van der Waals surface area contributed by atoms with Gasteiger partial charge in [-0.25, -0.2) is 18.4 Å². The number of H-pyrrole nitrogens is 1. The fourth-order valence-electron chi connectivity index (χ4n) is 3.97. The highest BCUT2D eigenvalue weighted by atomic mass is 32.2. The minimum absolute atomic E-state index is 0.00787. The predicted molar refractivity (Wildman–Crippen MR) is 128 cm³/mol. The number of nitrogens with one attached hydrogen (secondary N) is 2. The molecule has 4 heterocycles. The van der Waals surface area contributed by atoms with Crippen LogP contribution in [0.25, 0.3) is 22.8 Å². The van der Waals surface area contributed by atoms with Gasteiger partial charge in [0.15, 0.2) is 27.3 Å². The summed E-state index contributed by atoms with van der Waals surface area (Å²) in [5.41, 5.74) is 3.53.